The number of hydrogen-bond donors (Lipinski definition) is 0. The Hall–Kier alpha value is -0.380. The van der Waals surface area contributed by atoms with Crippen molar-refractivity contribution in [1.82, 2.24) is 0 Å². The number of carbonyl (C=O) groups excluding carboxylic acids is 1. The Kier molecular flexibility index (Phi) is 12.1. The molecule has 0 spiro atoms. The van der Waals surface area contributed by atoms with Crippen LogP contribution in [0.1, 0.15) is 59.3 Å². The first-order valence-electron chi connectivity index (χ1n) is 7.61. The van der Waals surface area contributed by atoms with Crippen LogP contribution in [0.3, 0.4) is 0 Å². The molecule has 0 aliphatic carbocycles. The van der Waals surface area contributed by atoms with E-state index < -0.39 is 7.60 Å². The van der Waals surface area contributed by atoms with Crippen molar-refractivity contribution in [3.8, 4) is 0 Å². The van der Waals surface area contributed by atoms with Crippen LogP contribution >= 0.6 is 7.60 Å². The minimum atomic E-state index is -3.17. The quantitative estimate of drug-likeness (QED) is 0.290. The molecule has 120 valence electrons. The van der Waals surface area contributed by atoms with Gasteiger partial charge in [0.2, 0.25) is 0 Å². The maximum Gasteiger partial charge on any atom is 0.331 e. The van der Waals surface area contributed by atoms with E-state index in [2.05, 4.69) is 0 Å². The molecule has 0 heterocycles. The van der Waals surface area contributed by atoms with E-state index in [1.54, 1.807) is 0 Å². The summed E-state index contributed by atoms with van der Waals surface area (Å²) in [6.45, 7) is 7.22. The highest BCUT2D eigenvalue weighted by Gasteiger charge is 2.25. The number of rotatable bonds is 13. The fraction of sp³-hybridized carbons (Fsp3) is 0.929. The zero-order valence-electron chi connectivity index (χ0n) is 13.1. The van der Waals surface area contributed by atoms with Gasteiger partial charge in [0.25, 0.3) is 0 Å². The molecule has 0 saturated carbocycles. The van der Waals surface area contributed by atoms with E-state index in [9.17, 15) is 9.36 Å². The van der Waals surface area contributed by atoms with Gasteiger partial charge in [-0.1, -0.05) is 33.6 Å². The van der Waals surface area contributed by atoms with E-state index in [0.29, 0.717) is 19.8 Å². The van der Waals surface area contributed by atoms with Gasteiger partial charge < -0.3 is 13.8 Å². The maximum absolute atomic E-state index is 12.5. The van der Waals surface area contributed by atoms with Crippen LogP contribution in [-0.2, 0) is 23.1 Å². The molecule has 0 aromatic carbocycles. The van der Waals surface area contributed by atoms with Crippen molar-refractivity contribution in [1.29, 1.82) is 0 Å². The van der Waals surface area contributed by atoms with Crippen LogP contribution in [0.5, 0.6) is 0 Å². The maximum atomic E-state index is 12.5. The second kappa shape index (κ2) is 12.4. The number of unbranched alkanes of at least 4 members (excludes halogenated alkanes) is 2. The van der Waals surface area contributed by atoms with Gasteiger partial charge in [-0.25, -0.2) is 0 Å². The summed E-state index contributed by atoms with van der Waals surface area (Å²) in [5.74, 6) is -0.342. The van der Waals surface area contributed by atoms with E-state index in [-0.39, 0.29) is 18.6 Å². The van der Waals surface area contributed by atoms with Crippen molar-refractivity contribution in [2.75, 3.05) is 26.0 Å². The second-order valence-corrected chi connectivity index (χ2v) is 6.86. The summed E-state index contributed by atoms with van der Waals surface area (Å²) in [6.07, 6.45) is 4.56. The van der Waals surface area contributed by atoms with Crippen LogP contribution in [0, 0.1) is 0 Å². The molecule has 5 nitrogen and oxygen atoms in total. The first-order chi connectivity index (χ1) is 9.58. The predicted molar refractivity (Wildman–Crippen MR) is 80.1 cm³/mol. The minimum Gasteiger partial charge on any atom is -0.466 e. The molecular weight excluding hydrogens is 279 g/mol. The molecule has 0 aliphatic heterocycles. The average molecular weight is 308 g/mol. The molecule has 0 radical (unpaired) electrons. The summed E-state index contributed by atoms with van der Waals surface area (Å²) >= 11 is 0. The van der Waals surface area contributed by atoms with Crippen LogP contribution in [-0.4, -0.2) is 32.0 Å². The van der Waals surface area contributed by atoms with Crippen LogP contribution in [0.4, 0.5) is 0 Å². The van der Waals surface area contributed by atoms with Gasteiger partial charge in [0.05, 0.1) is 32.4 Å². The topological polar surface area (TPSA) is 61.8 Å². The van der Waals surface area contributed by atoms with Gasteiger partial charge in [0, 0.05) is 0 Å². The number of carbonyl (C=O) groups is 1. The molecule has 20 heavy (non-hydrogen) atoms. The molecular formula is C14H29O5P. The van der Waals surface area contributed by atoms with Crippen molar-refractivity contribution in [3.63, 3.8) is 0 Å². The van der Waals surface area contributed by atoms with Crippen molar-refractivity contribution < 1.29 is 23.1 Å². The monoisotopic (exact) mass is 308 g/mol. The summed E-state index contributed by atoms with van der Waals surface area (Å²) in [5, 5.41) is 0. The highest BCUT2D eigenvalue weighted by Crippen LogP contribution is 2.49. The molecule has 0 rings (SSSR count). The summed E-state index contributed by atoms with van der Waals surface area (Å²) in [4.78, 5) is 11.5. The molecule has 0 bridgehead atoms. The lowest BCUT2D eigenvalue weighted by Crippen LogP contribution is -2.10. The fourth-order valence-electron chi connectivity index (χ4n) is 1.38. The zero-order valence-corrected chi connectivity index (χ0v) is 14.0. The highest BCUT2D eigenvalue weighted by atomic mass is 31.2. The molecule has 0 atom stereocenters. The van der Waals surface area contributed by atoms with Gasteiger partial charge in [-0.2, -0.15) is 0 Å². The first kappa shape index (κ1) is 19.6. The number of esters is 1. The third-order valence-electron chi connectivity index (χ3n) is 2.63. The Morgan fingerprint density at radius 3 is 1.90 bits per heavy atom. The third kappa shape index (κ3) is 10.4. The van der Waals surface area contributed by atoms with Crippen molar-refractivity contribution in [3.05, 3.63) is 0 Å². The largest absolute Gasteiger partial charge is 0.466 e. The highest BCUT2D eigenvalue weighted by molar-refractivity contribution is 7.53. The minimum absolute atomic E-state index is 0.0789. The number of ether oxygens (including phenoxy) is 1. The summed E-state index contributed by atoms with van der Waals surface area (Å²) in [5.41, 5.74) is 0. The lowest BCUT2D eigenvalue weighted by molar-refractivity contribution is -0.143. The Bertz CT molecular complexity index is 279. The Morgan fingerprint density at radius 2 is 1.45 bits per heavy atom. The van der Waals surface area contributed by atoms with Gasteiger partial charge >= 0.3 is 13.6 Å². The SMILES string of the molecule is CCCCOP(=O)(CCC(=O)OCCC)OCCCC. The zero-order chi connectivity index (χ0) is 15.3. The van der Waals surface area contributed by atoms with Crippen LogP contribution in [0.15, 0.2) is 0 Å². The van der Waals surface area contributed by atoms with E-state index in [0.717, 1.165) is 32.1 Å². The molecule has 0 aliphatic rings. The molecule has 0 fully saturated rings. The lowest BCUT2D eigenvalue weighted by Gasteiger charge is -2.18. The van der Waals surface area contributed by atoms with Crippen LogP contribution in [0.25, 0.3) is 0 Å². The van der Waals surface area contributed by atoms with Crippen molar-refractivity contribution in [2.24, 2.45) is 0 Å². The Morgan fingerprint density at radius 1 is 0.900 bits per heavy atom. The van der Waals surface area contributed by atoms with Crippen molar-refractivity contribution >= 4 is 13.6 Å². The Labute approximate surface area is 122 Å². The lowest BCUT2D eigenvalue weighted by atomic mass is 10.4. The average Bonchev–Trinajstić information content (AvgIpc) is 2.44. The summed E-state index contributed by atoms with van der Waals surface area (Å²) < 4.78 is 28.2. The Balaban J connectivity index is 4.21. The molecule has 0 saturated heterocycles. The van der Waals surface area contributed by atoms with Crippen LogP contribution < -0.4 is 0 Å². The van der Waals surface area contributed by atoms with Crippen LogP contribution in [0.2, 0.25) is 0 Å². The molecule has 0 aromatic heterocycles. The van der Waals surface area contributed by atoms with E-state index in [1.165, 1.54) is 0 Å². The standard InChI is InChI=1S/C14H29O5P/c1-4-7-11-18-20(16,19-12-8-5-2)13-9-14(15)17-10-6-3/h4-13H2,1-3H3. The van der Waals surface area contributed by atoms with Gasteiger partial charge in [0.15, 0.2) is 0 Å². The van der Waals surface area contributed by atoms with Gasteiger partial charge in [-0.15, -0.1) is 0 Å². The molecule has 0 aromatic rings. The third-order valence-corrected chi connectivity index (χ3v) is 4.55. The molecule has 0 amide bonds. The summed E-state index contributed by atoms with van der Waals surface area (Å²) in [6, 6.07) is 0. The van der Waals surface area contributed by atoms with Gasteiger partial charge in [0.1, 0.15) is 0 Å². The predicted octanol–water partition coefficient (Wildman–Crippen LogP) is 4.16. The van der Waals surface area contributed by atoms with E-state index in [4.69, 9.17) is 13.8 Å². The molecule has 6 heteroatoms. The number of hydrogen-bond acceptors (Lipinski definition) is 5. The molecule has 0 N–H and O–H groups in total. The van der Waals surface area contributed by atoms with Gasteiger partial charge in [-0.3, -0.25) is 9.36 Å². The van der Waals surface area contributed by atoms with E-state index in [1.807, 2.05) is 20.8 Å². The molecule has 0 unspecified atom stereocenters. The van der Waals surface area contributed by atoms with Gasteiger partial charge in [-0.05, 0) is 19.3 Å². The second-order valence-electron chi connectivity index (χ2n) is 4.68. The van der Waals surface area contributed by atoms with E-state index >= 15 is 0 Å². The first-order valence-corrected chi connectivity index (χ1v) is 9.34. The smallest absolute Gasteiger partial charge is 0.331 e. The summed E-state index contributed by atoms with van der Waals surface area (Å²) in [7, 11) is -3.17. The fourth-order valence-corrected chi connectivity index (χ4v) is 2.98. The van der Waals surface area contributed by atoms with Crippen molar-refractivity contribution in [2.45, 2.75) is 59.3 Å². The normalized spacial score (nSPS) is 11.6.